The van der Waals surface area contributed by atoms with Crippen molar-refractivity contribution in [1.29, 1.82) is 0 Å². The van der Waals surface area contributed by atoms with Crippen LogP contribution in [0.1, 0.15) is 46.6 Å². The van der Waals surface area contributed by atoms with Gasteiger partial charge in [0, 0.05) is 30.3 Å². The fraction of sp³-hybridized carbons (Fsp3) is 0.571. The van der Waals surface area contributed by atoms with Crippen LogP contribution in [0.2, 0.25) is 10.0 Å². The number of carbonyl (C=O) groups is 3. The summed E-state index contributed by atoms with van der Waals surface area (Å²) in [6, 6.07) is 4.36. The maximum absolute atomic E-state index is 12.1. The fourth-order valence-corrected chi connectivity index (χ4v) is 3.85. The van der Waals surface area contributed by atoms with Crippen molar-refractivity contribution in [3.05, 3.63) is 33.8 Å². The molecule has 0 aromatic heterocycles. The first-order valence-electron chi connectivity index (χ1n) is 9.47. The Morgan fingerprint density at radius 3 is 2.24 bits per heavy atom. The Kier molecular flexibility index (Phi) is 9.12. The smallest absolute Gasteiger partial charge is 0.404 e. The Labute approximate surface area is 182 Å². The molecule has 0 saturated carbocycles. The lowest BCUT2D eigenvalue weighted by Gasteiger charge is -2.47. The molecule has 0 heterocycles. The molecule has 3 N–H and O–H groups in total. The number of aldehydes is 1. The van der Waals surface area contributed by atoms with Gasteiger partial charge >= 0.3 is 6.09 Å². The highest BCUT2D eigenvalue weighted by atomic mass is 35.5. The summed E-state index contributed by atoms with van der Waals surface area (Å²) in [6.07, 6.45) is -0.411. The number of Topliss-reactive ketones (excluding diaryl/α,β-unsaturated/α-hetero) is 1. The highest BCUT2D eigenvalue weighted by molar-refractivity contribution is 6.42. The van der Waals surface area contributed by atoms with E-state index in [0.717, 1.165) is 6.29 Å². The number of hydrogen-bond acceptors (Lipinski definition) is 4. The van der Waals surface area contributed by atoms with Crippen LogP contribution in [-0.4, -0.2) is 42.4 Å². The number of ketones is 1. The Morgan fingerprint density at radius 2 is 1.79 bits per heavy atom. The molecule has 1 aromatic rings. The van der Waals surface area contributed by atoms with E-state index in [1.54, 1.807) is 18.2 Å². The van der Waals surface area contributed by atoms with Crippen molar-refractivity contribution in [3.8, 4) is 0 Å². The lowest BCUT2D eigenvalue weighted by Crippen LogP contribution is -2.61. The summed E-state index contributed by atoms with van der Waals surface area (Å²) >= 11 is 12.3. The van der Waals surface area contributed by atoms with Gasteiger partial charge in [0.05, 0.1) is 16.6 Å². The van der Waals surface area contributed by atoms with Gasteiger partial charge in [-0.3, -0.25) is 4.79 Å². The van der Waals surface area contributed by atoms with Crippen LogP contribution in [0.25, 0.3) is 0 Å². The lowest BCUT2D eigenvalue weighted by atomic mass is 9.63. The zero-order chi connectivity index (χ0) is 22.4. The zero-order valence-corrected chi connectivity index (χ0v) is 19.0. The molecule has 0 bridgehead atoms. The average molecular weight is 445 g/mol. The molecule has 0 aliphatic rings. The Bertz CT molecular complexity index is 747. The lowest BCUT2D eigenvalue weighted by molar-refractivity contribution is -0.121. The maximum Gasteiger partial charge on any atom is 0.404 e. The molecule has 1 aromatic carbocycles. The van der Waals surface area contributed by atoms with Crippen LogP contribution in [-0.2, 0) is 15.0 Å². The van der Waals surface area contributed by atoms with Gasteiger partial charge in [-0.05, 0) is 23.1 Å². The molecule has 0 spiro atoms. The predicted molar refractivity (Wildman–Crippen MR) is 116 cm³/mol. The minimum atomic E-state index is -1.20. The first-order valence-corrected chi connectivity index (χ1v) is 10.2. The van der Waals surface area contributed by atoms with Gasteiger partial charge < -0.3 is 20.5 Å². The van der Waals surface area contributed by atoms with E-state index >= 15 is 0 Å². The number of benzene rings is 1. The standard InChI is InChI=1S/C21H30Cl2N2O4/c1-13(2)17(27)11-24-12-21(8-9-26,14-6-7-15(22)16(23)10-14)18(20(3,4)5)25-19(28)29/h6-7,9-10,13,18,24-25H,8,11-12H2,1-5H3,(H,28,29). The third kappa shape index (κ3) is 6.69. The number of halogens is 2. The van der Waals surface area contributed by atoms with Crippen molar-refractivity contribution in [2.24, 2.45) is 11.3 Å². The molecule has 0 radical (unpaired) electrons. The Balaban J connectivity index is 3.55. The molecule has 162 valence electrons. The van der Waals surface area contributed by atoms with Crippen molar-refractivity contribution in [3.63, 3.8) is 0 Å². The van der Waals surface area contributed by atoms with E-state index < -0.39 is 23.0 Å². The van der Waals surface area contributed by atoms with E-state index in [-0.39, 0.29) is 31.2 Å². The van der Waals surface area contributed by atoms with Gasteiger partial charge in [0.1, 0.15) is 12.1 Å². The van der Waals surface area contributed by atoms with Crippen LogP contribution >= 0.6 is 23.2 Å². The summed E-state index contributed by atoms with van der Waals surface area (Å²) < 4.78 is 0. The van der Waals surface area contributed by atoms with Gasteiger partial charge in [0.15, 0.2) is 0 Å². The number of hydrogen-bond donors (Lipinski definition) is 3. The van der Waals surface area contributed by atoms with Crippen molar-refractivity contribution in [1.82, 2.24) is 10.6 Å². The number of amides is 1. The summed E-state index contributed by atoms with van der Waals surface area (Å²) in [6.45, 7) is 9.61. The molecule has 2 unspecified atom stereocenters. The van der Waals surface area contributed by atoms with Gasteiger partial charge in [-0.2, -0.15) is 0 Å². The summed E-state index contributed by atoms with van der Waals surface area (Å²) in [5, 5.41) is 15.9. The topological polar surface area (TPSA) is 95.5 Å². The molecule has 0 aliphatic heterocycles. The third-order valence-electron chi connectivity index (χ3n) is 5.01. The molecule has 2 atom stereocenters. The van der Waals surface area contributed by atoms with Crippen LogP contribution in [0.15, 0.2) is 18.2 Å². The van der Waals surface area contributed by atoms with Gasteiger partial charge in [-0.15, -0.1) is 0 Å². The van der Waals surface area contributed by atoms with Gasteiger partial charge in [0.2, 0.25) is 0 Å². The SMILES string of the molecule is CC(C)C(=O)CNCC(CC=O)(c1ccc(Cl)c(Cl)c1)C(NC(=O)O)C(C)(C)C. The monoisotopic (exact) mass is 444 g/mol. The number of carbonyl (C=O) groups excluding carboxylic acids is 2. The van der Waals surface area contributed by atoms with E-state index in [9.17, 15) is 19.5 Å². The number of carboxylic acid groups (broad SMARTS) is 1. The first-order chi connectivity index (χ1) is 13.3. The Morgan fingerprint density at radius 1 is 1.17 bits per heavy atom. The van der Waals surface area contributed by atoms with Crippen molar-refractivity contribution >= 4 is 41.4 Å². The summed E-state index contributed by atoms with van der Waals surface area (Å²) in [7, 11) is 0. The van der Waals surface area contributed by atoms with Gasteiger partial charge in [0.25, 0.3) is 0 Å². The van der Waals surface area contributed by atoms with E-state index in [0.29, 0.717) is 15.6 Å². The molecule has 8 heteroatoms. The van der Waals surface area contributed by atoms with Crippen LogP contribution in [0.4, 0.5) is 4.79 Å². The van der Waals surface area contributed by atoms with Crippen LogP contribution in [0.3, 0.4) is 0 Å². The fourth-order valence-electron chi connectivity index (χ4n) is 3.55. The van der Waals surface area contributed by atoms with E-state index in [2.05, 4.69) is 10.6 Å². The van der Waals surface area contributed by atoms with E-state index in [1.165, 1.54) is 0 Å². The molecule has 6 nitrogen and oxygen atoms in total. The third-order valence-corrected chi connectivity index (χ3v) is 5.75. The van der Waals surface area contributed by atoms with Crippen molar-refractivity contribution < 1.29 is 19.5 Å². The Hall–Kier alpha value is -1.63. The summed E-state index contributed by atoms with van der Waals surface area (Å²) in [4.78, 5) is 35.4. The second-order valence-corrected chi connectivity index (χ2v) is 9.44. The van der Waals surface area contributed by atoms with E-state index in [1.807, 2.05) is 34.6 Å². The second kappa shape index (κ2) is 10.4. The second-order valence-electron chi connectivity index (χ2n) is 8.63. The molecule has 29 heavy (non-hydrogen) atoms. The van der Waals surface area contributed by atoms with Crippen LogP contribution in [0.5, 0.6) is 0 Å². The quantitative estimate of drug-likeness (QED) is 0.467. The molecule has 1 rings (SSSR count). The molecular weight excluding hydrogens is 415 g/mol. The molecule has 1 amide bonds. The van der Waals surface area contributed by atoms with E-state index in [4.69, 9.17) is 23.2 Å². The van der Waals surface area contributed by atoms with Crippen molar-refractivity contribution in [2.75, 3.05) is 13.1 Å². The zero-order valence-electron chi connectivity index (χ0n) is 17.5. The predicted octanol–water partition coefficient (Wildman–Crippen LogP) is 4.32. The maximum atomic E-state index is 12.1. The minimum Gasteiger partial charge on any atom is -0.465 e. The van der Waals surface area contributed by atoms with Crippen LogP contribution in [0, 0.1) is 11.3 Å². The largest absolute Gasteiger partial charge is 0.465 e. The van der Waals surface area contributed by atoms with Gasteiger partial charge in [-0.1, -0.05) is 63.9 Å². The molecule has 0 saturated heterocycles. The first kappa shape index (κ1) is 25.4. The molecular formula is C21H30Cl2N2O4. The highest BCUT2D eigenvalue weighted by Crippen LogP contribution is 2.41. The number of nitrogens with one attached hydrogen (secondary N) is 2. The van der Waals surface area contributed by atoms with Gasteiger partial charge in [-0.25, -0.2) is 4.79 Å². The summed E-state index contributed by atoms with van der Waals surface area (Å²) in [5.41, 5.74) is -0.863. The highest BCUT2D eigenvalue weighted by Gasteiger charge is 2.47. The molecule has 0 fully saturated rings. The number of rotatable bonds is 10. The normalized spacial score (nSPS) is 14.9. The van der Waals surface area contributed by atoms with Crippen LogP contribution < -0.4 is 10.6 Å². The average Bonchev–Trinajstić information content (AvgIpc) is 2.60. The summed E-state index contributed by atoms with van der Waals surface area (Å²) in [5.74, 6) is -0.110. The molecule has 0 aliphatic carbocycles. The minimum absolute atomic E-state index is 0.0239. The van der Waals surface area contributed by atoms with Crippen molar-refractivity contribution in [2.45, 2.75) is 52.5 Å².